The van der Waals surface area contributed by atoms with E-state index in [1.54, 1.807) is 24.1 Å². The van der Waals surface area contributed by atoms with Gasteiger partial charge in [-0.15, -0.1) is 0 Å². The second-order valence-corrected chi connectivity index (χ2v) is 7.87. The Kier molecular flexibility index (Phi) is 5.59. The lowest BCUT2D eigenvalue weighted by Crippen LogP contribution is -2.33. The molecule has 6 nitrogen and oxygen atoms in total. The van der Waals surface area contributed by atoms with Crippen LogP contribution in [-0.4, -0.2) is 24.8 Å². The SMILES string of the molecule is CCc1cc2c(cc1NC(=O)C1=CNC(=O)C[C@H]1c1ccc(F)cc1)N(C)C(=O)CC2. The lowest BCUT2D eigenvalue weighted by Gasteiger charge is -2.28. The quantitative estimate of drug-likeness (QED) is 0.794. The van der Waals surface area contributed by atoms with E-state index >= 15 is 0 Å². The second kappa shape index (κ2) is 8.34. The highest BCUT2D eigenvalue weighted by Gasteiger charge is 2.30. The van der Waals surface area contributed by atoms with Crippen LogP contribution in [0.15, 0.2) is 48.2 Å². The Hall–Kier alpha value is -3.48. The van der Waals surface area contributed by atoms with Crippen LogP contribution in [0.1, 0.15) is 42.4 Å². The van der Waals surface area contributed by atoms with Gasteiger partial charge in [0.05, 0.1) is 0 Å². The van der Waals surface area contributed by atoms with Crippen LogP contribution >= 0.6 is 0 Å². The number of hydrogen-bond acceptors (Lipinski definition) is 3. The zero-order valence-corrected chi connectivity index (χ0v) is 17.5. The summed E-state index contributed by atoms with van der Waals surface area (Å²) in [6.07, 6.45) is 3.41. The van der Waals surface area contributed by atoms with Crippen LogP contribution in [0.4, 0.5) is 15.8 Å². The van der Waals surface area contributed by atoms with Gasteiger partial charge in [0.15, 0.2) is 0 Å². The summed E-state index contributed by atoms with van der Waals surface area (Å²) < 4.78 is 13.4. The molecule has 3 amide bonds. The Morgan fingerprint density at radius 2 is 1.94 bits per heavy atom. The van der Waals surface area contributed by atoms with Gasteiger partial charge in [0, 0.05) is 49.0 Å². The molecule has 0 aromatic heterocycles. The Labute approximate surface area is 180 Å². The predicted octanol–water partition coefficient (Wildman–Crippen LogP) is 3.42. The van der Waals surface area contributed by atoms with Gasteiger partial charge in [-0.25, -0.2) is 4.39 Å². The average molecular weight is 421 g/mol. The third-order valence-corrected chi connectivity index (χ3v) is 5.97. The molecule has 2 aliphatic rings. The molecule has 0 spiro atoms. The first-order valence-corrected chi connectivity index (χ1v) is 10.4. The molecule has 0 aliphatic carbocycles. The van der Waals surface area contributed by atoms with Crippen LogP contribution in [0.2, 0.25) is 0 Å². The van der Waals surface area contributed by atoms with Crippen molar-refractivity contribution in [3.63, 3.8) is 0 Å². The first kappa shape index (κ1) is 20.8. The smallest absolute Gasteiger partial charge is 0.253 e. The van der Waals surface area contributed by atoms with Gasteiger partial charge >= 0.3 is 0 Å². The van der Waals surface area contributed by atoms with Crippen LogP contribution in [-0.2, 0) is 27.2 Å². The molecule has 31 heavy (non-hydrogen) atoms. The fourth-order valence-corrected chi connectivity index (χ4v) is 4.17. The normalized spacial score (nSPS) is 18.2. The molecule has 0 fully saturated rings. The van der Waals surface area contributed by atoms with Gasteiger partial charge in [-0.1, -0.05) is 25.1 Å². The molecule has 2 heterocycles. The standard InChI is InChI=1S/C24H24FN3O3/c1-3-14-10-16-6-9-23(30)28(2)21(16)12-20(14)27-24(31)19-13-26-22(29)11-18(19)15-4-7-17(25)8-5-15/h4-5,7-8,10,12-13,18H,3,6,9,11H2,1-2H3,(H,26,29)(H,27,31)/t18-/m0/s1. The van der Waals surface area contributed by atoms with Crippen molar-refractivity contribution in [1.29, 1.82) is 0 Å². The molecule has 2 aliphatic heterocycles. The minimum Gasteiger partial charge on any atom is -0.332 e. The van der Waals surface area contributed by atoms with E-state index in [9.17, 15) is 18.8 Å². The highest BCUT2D eigenvalue weighted by Crippen LogP contribution is 2.35. The zero-order chi connectivity index (χ0) is 22.1. The van der Waals surface area contributed by atoms with Gasteiger partial charge in [0.2, 0.25) is 11.8 Å². The number of fused-ring (bicyclic) bond motifs is 1. The zero-order valence-electron chi connectivity index (χ0n) is 17.5. The molecule has 2 aromatic rings. The molecule has 7 heteroatoms. The number of carbonyl (C=O) groups excluding carboxylic acids is 3. The molecule has 2 aromatic carbocycles. The molecule has 2 N–H and O–H groups in total. The van der Waals surface area contributed by atoms with Crippen LogP contribution in [0.25, 0.3) is 0 Å². The summed E-state index contributed by atoms with van der Waals surface area (Å²) in [5.74, 6) is -1.34. The fourth-order valence-electron chi connectivity index (χ4n) is 4.17. The van der Waals surface area contributed by atoms with Gasteiger partial charge in [-0.05, 0) is 47.7 Å². The fraction of sp³-hybridized carbons (Fsp3) is 0.292. The van der Waals surface area contributed by atoms with Gasteiger partial charge in [-0.3, -0.25) is 14.4 Å². The predicted molar refractivity (Wildman–Crippen MR) is 116 cm³/mol. The largest absolute Gasteiger partial charge is 0.332 e. The van der Waals surface area contributed by atoms with E-state index in [-0.39, 0.29) is 30.0 Å². The summed E-state index contributed by atoms with van der Waals surface area (Å²) in [6.45, 7) is 2.01. The lowest BCUT2D eigenvalue weighted by molar-refractivity contribution is -0.121. The first-order chi connectivity index (χ1) is 14.9. The van der Waals surface area contributed by atoms with E-state index in [0.717, 1.165) is 23.2 Å². The molecular formula is C24H24FN3O3. The molecule has 160 valence electrons. The summed E-state index contributed by atoms with van der Waals surface area (Å²) >= 11 is 0. The maximum Gasteiger partial charge on any atom is 0.253 e. The molecule has 4 rings (SSSR count). The van der Waals surface area contributed by atoms with Gasteiger partial charge in [0.1, 0.15) is 5.82 Å². The van der Waals surface area contributed by atoms with Crippen molar-refractivity contribution in [2.75, 3.05) is 17.3 Å². The monoisotopic (exact) mass is 421 g/mol. The highest BCUT2D eigenvalue weighted by molar-refractivity contribution is 6.07. The van der Waals surface area contributed by atoms with Crippen molar-refractivity contribution in [2.45, 2.75) is 38.5 Å². The third-order valence-electron chi connectivity index (χ3n) is 5.97. The summed E-state index contributed by atoms with van der Waals surface area (Å²) in [7, 11) is 1.74. The Morgan fingerprint density at radius 3 is 2.65 bits per heavy atom. The van der Waals surface area contributed by atoms with E-state index < -0.39 is 5.92 Å². The number of anilines is 2. The Morgan fingerprint density at radius 1 is 1.19 bits per heavy atom. The van der Waals surface area contributed by atoms with Crippen LogP contribution in [0.5, 0.6) is 0 Å². The molecular weight excluding hydrogens is 397 g/mol. The number of amides is 3. The van der Waals surface area contributed by atoms with Crippen molar-refractivity contribution >= 4 is 29.1 Å². The minimum atomic E-state index is -0.471. The van der Waals surface area contributed by atoms with E-state index in [2.05, 4.69) is 10.6 Å². The van der Waals surface area contributed by atoms with Gasteiger partial charge in [0.25, 0.3) is 5.91 Å². The van der Waals surface area contributed by atoms with Crippen molar-refractivity contribution in [3.05, 3.63) is 70.7 Å². The van der Waals surface area contributed by atoms with Crippen molar-refractivity contribution in [2.24, 2.45) is 0 Å². The minimum absolute atomic E-state index is 0.0445. The maximum absolute atomic E-state index is 13.4. The van der Waals surface area contributed by atoms with E-state index in [0.29, 0.717) is 29.7 Å². The Bertz CT molecular complexity index is 1090. The maximum atomic E-state index is 13.4. The molecule has 0 unspecified atom stereocenters. The van der Waals surface area contributed by atoms with Crippen LogP contribution < -0.4 is 15.5 Å². The molecule has 0 bridgehead atoms. The number of benzene rings is 2. The third kappa shape index (κ3) is 4.08. The second-order valence-electron chi connectivity index (χ2n) is 7.87. The molecule has 0 saturated heterocycles. The summed E-state index contributed by atoms with van der Waals surface area (Å²) in [5, 5.41) is 5.58. The van der Waals surface area contributed by atoms with E-state index in [1.807, 2.05) is 19.1 Å². The lowest BCUT2D eigenvalue weighted by atomic mass is 9.86. The van der Waals surface area contributed by atoms with Gasteiger partial charge < -0.3 is 15.5 Å². The average Bonchev–Trinajstić information content (AvgIpc) is 2.76. The number of halogens is 1. The van der Waals surface area contributed by atoms with Crippen LogP contribution in [0.3, 0.4) is 0 Å². The number of carbonyl (C=O) groups is 3. The molecule has 0 saturated carbocycles. The summed E-state index contributed by atoms with van der Waals surface area (Å²) in [5.41, 5.74) is 4.60. The number of nitrogens with one attached hydrogen (secondary N) is 2. The van der Waals surface area contributed by atoms with E-state index in [1.165, 1.54) is 18.3 Å². The molecule has 1 atom stereocenters. The first-order valence-electron chi connectivity index (χ1n) is 10.4. The summed E-state index contributed by atoms with van der Waals surface area (Å²) in [6, 6.07) is 9.72. The molecule has 0 radical (unpaired) electrons. The number of rotatable bonds is 4. The van der Waals surface area contributed by atoms with Crippen LogP contribution in [0, 0.1) is 5.82 Å². The number of nitrogens with zero attached hydrogens (tertiary/aromatic N) is 1. The van der Waals surface area contributed by atoms with Gasteiger partial charge in [-0.2, -0.15) is 0 Å². The van der Waals surface area contributed by atoms with Crippen molar-refractivity contribution < 1.29 is 18.8 Å². The number of aryl methyl sites for hydroxylation is 2. The summed E-state index contributed by atoms with van der Waals surface area (Å²) in [4.78, 5) is 38.9. The Balaban J connectivity index is 1.65. The van der Waals surface area contributed by atoms with E-state index in [4.69, 9.17) is 0 Å². The van der Waals surface area contributed by atoms with Crippen molar-refractivity contribution in [1.82, 2.24) is 5.32 Å². The van der Waals surface area contributed by atoms with Crippen molar-refractivity contribution in [3.8, 4) is 0 Å². The topological polar surface area (TPSA) is 78.5 Å². The number of hydrogen-bond donors (Lipinski definition) is 2. The highest BCUT2D eigenvalue weighted by atomic mass is 19.1.